The summed E-state index contributed by atoms with van der Waals surface area (Å²) >= 11 is 1.34. The highest BCUT2D eigenvalue weighted by molar-refractivity contribution is 7.15. The number of amides is 2. The molecule has 4 N–H and O–H groups in total. The Hall–Kier alpha value is -3.58. The number of alkyl halides is 3. The first-order valence-electron chi connectivity index (χ1n) is 13.4. The Labute approximate surface area is 240 Å². The van der Waals surface area contributed by atoms with Crippen molar-refractivity contribution in [2.45, 2.75) is 64.1 Å². The van der Waals surface area contributed by atoms with E-state index >= 15 is 0 Å². The fourth-order valence-electron chi connectivity index (χ4n) is 4.92. The number of benzene rings is 1. The van der Waals surface area contributed by atoms with Gasteiger partial charge in [-0.25, -0.2) is 15.0 Å². The third-order valence-electron chi connectivity index (χ3n) is 7.13. The molecule has 1 aliphatic rings. The molecule has 4 rings (SSSR count). The van der Waals surface area contributed by atoms with E-state index in [9.17, 15) is 27.9 Å². The first-order chi connectivity index (χ1) is 19.4. The van der Waals surface area contributed by atoms with Crippen molar-refractivity contribution in [1.29, 1.82) is 0 Å². The van der Waals surface area contributed by atoms with E-state index in [1.54, 1.807) is 11.1 Å². The number of aliphatic hydroxyl groups is 1. The SMILES string of the molecule is CC(=O)NCCCCN(c1cc(C)cc(-c2cnc(C3(O)CCC(C(N)=O)CC3)s2)c1)c1nccc(C(F)(F)F)n1. The van der Waals surface area contributed by atoms with Crippen LogP contribution in [0.2, 0.25) is 0 Å². The molecule has 2 aromatic heterocycles. The Kier molecular flexibility index (Phi) is 9.27. The topological polar surface area (TPSA) is 134 Å². The van der Waals surface area contributed by atoms with Gasteiger partial charge in [0.05, 0.1) is 4.88 Å². The number of carbonyl (C=O) groups is 2. The van der Waals surface area contributed by atoms with Gasteiger partial charge in [-0.1, -0.05) is 6.07 Å². The Morgan fingerprint density at radius 1 is 1.20 bits per heavy atom. The number of aromatic nitrogens is 3. The third-order valence-corrected chi connectivity index (χ3v) is 8.37. The minimum atomic E-state index is -4.62. The maximum Gasteiger partial charge on any atom is 0.433 e. The quantitative estimate of drug-likeness (QED) is 0.288. The maximum atomic E-state index is 13.5. The summed E-state index contributed by atoms with van der Waals surface area (Å²) in [5.41, 5.74) is 5.51. The number of nitrogens with one attached hydrogen (secondary N) is 1. The number of halogens is 3. The van der Waals surface area contributed by atoms with Gasteiger partial charge in [-0.2, -0.15) is 13.2 Å². The van der Waals surface area contributed by atoms with Gasteiger partial charge in [0.25, 0.3) is 0 Å². The molecule has 0 saturated heterocycles. The molecular weight excluding hydrogens is 557 g/mol. The van der Waals surface area contributed by atoms with Crippen LogP contribution in [0.4, 0.5) is 24.8 Å². The predicted octanol–water partition coefficient (Wildman–Crippen LogP) is 4.84. The van der Waals surface area contributed by atoms with E-state index < -0.39 is 17.5 Å². The lowest BCUT2D eigenvalue weighted by Gasteiger charge is -2.33. The zero-order valence-electron chi connectivity index (χ0n) is 22.9. The number of aryl methyl sites for hydroxylation is 1. The average molecular weight is 591 g/mol. The average Bonchev–Trinajstić information content (AvgIpc) is 3.42. The number of thiazole rings is 1. The van der Waals surface area contributed by atoms with Gasteiger partial charge in [0, 0.05) is 44.0 Å². The molecule has 2 amide bonds. The minimum absolute atomic E-state index is 0.0820. The summed E-state index contributed by atoms with van der Waals surface area (Å²) in [4.78, 5) is 37.6. The second-order valence-electron chi connectivity index (χ2n) is 10.4. The van der Waals surface area contributed by atoms with Gasteiger partial charge in [-0.15, -0.1) is 11.3 Å². The van der Waals surface area contributed by atoms with Crippen molar-refractivity contribution in [2.24, 2.45) is 11.7 Å². The van der Waals surface area contributed by atoms with Crippen LogP contribution in [0.3, 0.4) is 0 Å². The zero-order chi connectivity index (χ0) is 29.8. The van der Waals surface area contributed by atoms with Crippen LogP contribution in [0.25, 0.3) is 10.4 Å². The highest BCUT2D eigenvalue weighted by atomic mass is 32.1. The molecule has 0 atom stereocenters. The standard InChI is InChI=1S/C28H33F3N6O3S/c1-17-13-20(22-16-35-25(41-22)27(40)8-5-19(6-9-27)24(32)39)15-21(14-17)37(12-4-3-10-33-18(2)38)26-34-11-7-23(36-26)28(29,30)31/h7,11,13-16,19,40H,3-6,8-10,12H2,1-2H3,(H2,32,39)(H,33,38). The smallest absolute Gasteiger partial charge is 0.383 e. The second kappa shape index (κ2) is 12.5. The lowest BCUT2D eigenvalue weighted by atomic mass is 9.79. The maximum absolute atomic E-state index is 13.5. The molecule has 41 heavy (non-hydrogen) atoms. The van der Waals surface area contributed by atoms with Gasteiger partial charge in [0.1, 0.15) is 16.3 Å². The van der Waals surface area contributed by atoms with E-state index in [-0.39, 0.29) is 23.7 Å². The molecule has 0 spiro atoms. The molecule has 13 heteroatoms. The van der Waals surface area contributed by atoms with Gasteiger partial charge in [0.2, 0.25) is 17.8 Å². The van der Waals surface area contributed by atoms with Crippen LogP contribution >= 0.6 is 11.3 Å². The Morgan fingerprint density at radius 3 is 2.59 bits per heavy atom. The normalized spacial score (nSPS) is 19.1. The molecule has 220 valence electrons. The number of nitrogens with zero attached hydrogens (tertiary/aromatic N) is 4. The zero-order valence-corrected chi connectivity index (χ0v) is 23.7. The van der Waals surface area contributed by atoms with Gasteiger partial charge in [-0.05, 0) is 74.8 Å². The van der Waals surface area contributed by atoms with Crippen LogP contribution in [-0.4, -0.2) is 45.0 Å². The number of hydrogen-bond donors (Lipinski definition) is 3. The number of nitrogens with two attached hydrogens (primary N) is 1. The monoisotopic (exact) mass is 590 g/mol. The largest absolute Gasteiger partial charge is 0.433 e. The molecule has 0 bridgehead atoms. The van der Waals surface area contributed by atoms with E-state index in [2.05, 4.69) is 20.3 Å². The lowest BCUT2D eigenvalue weighted by molar-refractivity contribution is -0.141. The molecule has 9 nitrogen and oxygen atoms in total. The van der Waals surface area contributed by atoms with Crippen LogP contribution in [0.1, 0.15) is 61.7 Å². The highest BCUT2D eigenvalue weighted by Gasteiger charge is 2.39. The van der Waals surface area contributed by atoms with Gasteiger partial charge in [-0.3, -0.25) is 9.59 Å². The highest BCUT2D eigenvalue weighted by Crippen LogP contribution is 2.43. The van der Waals surface area contributed by atoms with Crippen molar-refractivity contribution in [3.63, 3.8) is 0 Å². The third kappa shape index (κ3) is 7.59. The summed E-state index contributed by atoms with van der Waals surface area (Å²) in [6.45, 7) is 4.07. The second-order valence-corrected chi connectivity index (χ2v) is 11.4. The van der Waals surface area contributed by atoms with E-state index in [1.165, 1.54) is 18.3 Å². The van der Waals surface area contributed by atoms with Gasteiger partial charge >= 0.3 is 6.18 Å². The summed E-state index contributed by atoms with van der Waals surface area (Å²) in [7, 11) is 0. The van der Waals surface area contributed by atoms with E-state index in [0.29, 0.717) is 62.3 Å². The predicted molar refractivity (Wildman–Crippen MR) is 149 cm³/mol. The van der Waals surface area contributed by atoms with Crippen molar-refractivity contribution < 1.29 is 27.9 Å². The van der Waals surface area contributed by atoms with Crippen LogP contribution < -0.4 is 16.0 Å². The van der Waals surface area contributed by atoms with Crippen LogP contribution in [0, 0.1) is 12.8 Å². The Bertz CT molecular complexity index is 1390. The van der Waals surface area contributed by atoms with Gasteiger partial charge in [0.15, 0.2) is 0 Å². The number of anilines is 2. The summed E-state index contributed by atoms with van der Waals surface area (Å²) in [6, 6.07) is 6.47. The number of unbranched alkanes of at least 4 members (excludes halogenated alkanes) is 1. The van der Waals surface area contributed by atoms with Crippen LogP contribution in [-0.2, 0) is 21.4 Å². The summed E-state index contributed by atoms with van der Waals surface area (Å²) in [5.74, 6) is -0.845. The van der Waals surface area contributed by atoms with Crippen molar-refractivity contribution in [1.82, 2.24) is 20.3 Å². The van der Waals surface area contributed by atoms with E-state index in [0.717, 1.165) is 28.3 Å². The number of rotatable bonds is 10. The van der Waals surface area contributed by atoms with Crippen LogP contribution in [0.15, 0.2) is 36.7 Å². The lowest BCUT2D eigenvalue weighted by Crippen LogP contribution is -2.35. The van der Waals surface area contributed by atoms with Crippen molar-refractivity contribution in [3.05, 3.63) is 52.9 Å². The molecule has 1 saturated carbocycles. The molecule has 2 heterocycles. The van der Waals surface area contributed by atoms with Gasteiger partial charge < -0.3 is 21.1 Å². The van der Waals surface area contributed by atoms with Crippen molar-refractivity contribution in [3.8, 4) is 10.4 Å². The molecule has 1 aliphatic carbocycles. The van der Waals surface area contributed by atoms with Crippen molar-refractivity contribution in [2.75, 3.05) is 18.0 Å². The fraction of sp³-hybridized carbons (Fsp3) is 0.464. The summed E-state index contributed by atoms with van der Waals surface area (Å²) in [6.07, 6.45) is 1.06. The molecule has 3 aromatic rings. The number of primary amides is 1. The molecule has 0 aliphatic heterocycles. The fourth-order valence-corrected chi connectivity index (χ4v) is 5.97. The minimum Gasteiger partial charge on any atom is -0.383 e. The molecule has 1 fully saturated rings. The number of carbonyl (C=O) groups excluding carboxylic acids is 2. The first kappa shape index (κ1) is 30.4. The summed E-state index contributed by atoms with van der Waals surface area (Å²) in [5, 5.41) is 14.5. The van der Waals surface area contributed by atoms with Crippen molar-refractivity contribution >= 4 is 34.8 Å². The Morgan fingerprint density at radius 2 is 1.93 bits per heavy atom. The van der Waals surface area contributed by atoms with E-state index in [1.807, 2.05) is 25.1 Å². The summed E-state index contributed by atoms with van der Waals surface area (Å²) < 4.78 is 40.4. The Balaban J connectivity index is 1.63. The first-order valence-corrected chi connectivity index (χ1v) is 14.2. The van der Waals surface area contributed by atoms with Crippen LogP contribution in [0.5, 0.6) is 0 Å². The molecule has 0 radical (unpaired) electrons. The molecule has 1 aromatic carbocycles. The number of hydrogen-bond acceptors (Lipinski definition) is 8. The molecule has 0 unspecified atom stereocenters. The molecular formula is C28H33F3N6O3S. The van der Waals surface area contributed by atoms with E-state index in [4.69, 9.17) is 5.73 Å².